The lowest BCUT2D eigenvalue weighted by atomic mass is 9.94. The van der Waals surface area contributed by atoms with Gasteiger partial charge in [-0.2, -0.15) is 5.10 Å². The fraction of sp³-hybridized carbons (Fsp3) is 0.524. The van der Waals surface area contributed by atoms with Crippen molar-refractivity contribution in [2.24, 2.45) is 17.6 Å². The van der Waals surface area contributed by atoms with Crippen molar-refractivity contribution >= 4 is 18.3 Å². The van der Waals surface area contributed by atoms with Crippen LogP contribution < -0.4 is 5.73 Å². The second-order valence-electron chi connectivity index (χ2n) is 7.58. The Hall–Kier alpha value is -1.85. The van der Waals surface area contributed by atoms with Gasteiger partial charge in [0.05, 0.1) is 11.4 Å². The highest BCUT2D eigenvalue weighted by atomic mass is 35.5. The first-order valence-corrected chi connectivity index (χ1v) is 9.50. The van der Waals surface area contributed by atoms with Gasteiger partial charge in [-0.1, -0.05) is 24.6 Å². The van der Waals surface area contributed by atoms with Gasteiger partial charge in [0.1, 0.15) is 0 Å². The van der Waals surface area contributed by atoms with E-state index in [1.807, 2.05) is 35.7 Å². The van der Waals surface area contributed by atoms with Gasteiger partial charge in [-0.15, -0.1) is 12.4 Å². The van der Waals surface area contributed by atoms with Crippen molar-refractivity contribution in [3.05, 3.63) is 46.8 Å². The molecule has 1 saturated carbocycles. The molecule has 1 aliphatic rings. The highest BCUT2D eigenvalue weighted by Crippen LogP contribution is 2.32. The van der Waals surface area contributed by atoms with Crippen molar-refractivity contribution < 1.29 is 4.79 Å². The van der Waals surface area contributed by atoms with E-state index in [9.17, 15) is 4.79 Å². The Morgan fingerprint density at radius 2 is 1.96 bits per heavy atom. The molecule has 1 aliphatic carbocycles. The molecule has 3 rings (SSSR count). The average molecular weight is 391 g/mol. The van der Waals surface area contributed by atoms with Crippen molar-refractivity contribution in [3.8, 4) is 5.69 Å². The number of amides is 1. The molecule has 0 spiro atoms. The number of aryl methyl sites for hydroxylation is 2. The van der Waals surface area contributed by atoms with Crippen LogP contribution in [-0.4, -0.2) is 34.2 Å². The van der Waals surface area contributed by atoms with Crippen molar-refractivity contribution in [1.29, 1.82) is 0 Å². The molecule has 0 radical (unpaired) electrons. The molecule has 6 heteroatoms. The molecule has 1 amide bonds. The molecule has 0 saturated heterocycles. The minimum atomic E-state index is 0. The van der Waals surface area contributed by atoms with E-state index >= 15 is 0 Å². The van der Waals surface area contributed by atoms with Crippen LogP contribution in [0.15, 0.2) is 24.3 Å². The Morgan fingerprint density at radius 3 is 2.63 bits per heavy atom. The number of nitrogens with zero attached hydrogens (tertiary/aromatic N) is 3. The predicted octanol–water partition coefficient (Wildman–Crippen LogP) is 3.55. The van der Waals surface area contributed by atoms with Gasteiger partial charge in [0.2, 0.25) is 5.91 Å². The molecule has 1 fully saturated rings. The molecule has 0 bridgehead atoms. The number of para-hydroxylation sites is 1. The summed E-state index contributed by atoms with van der Waals surface area (Å²) >= 11 is 0. The predicted molar refractivity (Wildman–Crippen MR) is 111 cm³/mol. The fourth-order valence-electron chi connectivity index (χ4n) is 4.18. The monoisotopic (exact) mass is 390 g/mol. The van der Waals surface area contributed by atoms with E-state index in [-0.39, 0.29) is 24.2 Å². The number of carbonyl (C=O) groups is 1. The standard InChI is InChI=1S/C21H30N4O.ClH/c1-14-8-5-6-11-20(14)25-16(3)19(15(2)23-25)13-24(4)21(26)18-10-7-9-17(18)12-22;/h5-6,8,11,17-18H,7,9-10,12-13,22H2,1-4H3;1H/t17-,18-;/m1./s1. The van der Waals surface area contributed by atoms with Crippen LogP contribution in [-0.2, 0) is 11.3 Å². The molecule has 0 aliphatic heterocycles. The number of hydrogen-bond donors (Lipinski definition) is 1. The van der Waals surface area contributed by atoms with Gasteiger partial charge >= 0.3 is 0 Å². The maximum absolute atomic E-state index is 12.9. The second kappa shape index (κ2) is 8.89. The zero-order valence-corrected chi connectivity index (χ0v) is 17.6. The number of rotatable bonds is 5. The summed E-state index contributed by atoms with van der Waals surface area (Å²) in [5.74, 6) is 0.638. The van der Waals surface area contributed by atoms with Crippen LogP contribution in [0.3, 0.4) is 0 Å². The Balaban J connectivity index is 0.00000261. The maximum atomic E-state index is 12.9. The number of aromatic nitrogens is 2. The number of carbonyl (C=O) groups excluding carboxylic acids is 1. The summed E-state index contributed by atoms with van der Waals surface area (Å²) < 4.78 is 2.00. The molecule has 2 N–H and O–H groups in total. The van der Waals surface area contributed by atoms with E-state index in [1.165, 1.54) is 5.56 Å². The molecule has 27 heavy (non-hydrogen) atoms. The molecule has 1 aromatic heterocycles. The van der Waals surface area contributed by atoms with Crippen LogP contribution >= 0.6 is 12.4 Å². The molecular formula is C21H31ClN4O. The van der Waals surface area contributed by atoms with E-state index in [1.54, 1.807) is 0 Å². The number of nitrogens with two attached hydrogens (primary N) is 1. The third-order valence-corrected chi connectivity index (χ3v) is 5.84. The minimum Gasteiger partial charge on any atom is -0.341 e. The summed E-state index contributed by atoms with van der Waals surface area (Å²) in [4.78, 5) is 14.8. The van der Waals surface area contributed by atoms with Gasteiger partial charge in [-0.05, 0) is 57.7 Å². The topological polar surface area (TPSA) is 64.2 Å². The number of hydrogen-bond acceptors (Lipinski definition) is 3. The average Bonchev–Trinajstić information content (AvgIpc) is 3.21. The normalized spacial score (nSPS) is 19.0. The lowest BCUT2D eigenvalue weighted by Crippen LogP contribution is -2.36. The zero-order chi connectivity index (χ0) is 18.8. The highest BCUT2D eigenvalue weighted by Gasteiger charge is 2.34. The molecular weight excluding hydrogens is 360 g/mol. The van der Waals surface area contributed by atoms with E-state index in [0.717, 1.165) is 41.9 Å². The van der Waals surface area contributed by atoms with Gasteiger partial charge in [-0.25, -0.2) is 4.68 Å². The third kappa shape index (κ3) is 4.19. The summed E-state index contributed by atoms with van der Waals surface area (Å²) in [6.45, 7) is 7.39. The largest absolute Gasteiger partial charge is 0.341 e. The van der Waals surface area contributed by atoms with Gasteiger partial charge < -0.3 is 10.6 Å². The number of benzene rings is 1. The first-order valence-electron chi connectivity index (χ1n) is 9.50. The van der Waals surface area contributed by atoms with Gasteiger partial charge in [0.15, 0.2) is 0 Å². The van der Waals surface area contributed by atoms with Crippen LogP contribution in [0.4, 0.5) is 0 Å². The van der Waals surface area contributed by atoms with Crippen LogP contribution in [0, 0.1) is 32.6 Å². The van der Waals surface area contributed by atoms with Gasteiger partial charge in [-0.3, -0.25) is 4.79 Å². The van der Waals surface area contributed by atoms with Crippen molar-refractivity contribution in [1.82, 2.24) is 14.7 Å². The molecule has 5 nitrogen and oxygen atoms in total. The van der Waals surface area contributed by atoms with Crippen molar-refractivity contribution in [3.63, 3.8) is 0 Å². The third-order valence-electron chi connectivity index (χ3n) is 5.84. The lowest BCUT2D eigenvalue weighted by molar-refractivity contribution is -0.135. The fourth-order valence-corrected chi connectivity index (χ4v) is 4.18. The summed E-state index contributed by atoms with van der Waals surface area (Å²) in [5.41, 5.74) is 11.3. The highest BCUT2D eigenvalue weighted by molar-refractivity contribution is 5.85. The van der Waals surface area contributed by atoms with E-state index in [0.29, 0.717) is 19.0 Å². The second-order valence-corrected chi connectivity index (χ2v) is 7.58. The smallest absolute Gasteiger partial charge is 0.226 e. The minimum absolute atomic E-state index is 0. The van der Waals surface area contributed by atoms with Gasteiger partial charge in [0, 0.05) is 30.8 Å². The summed E-state index contributed by atoms with van der Waals surface area (Å²) in [5, 5.41) is 4.74. The lowest BCUT2D eigenvalue weighted by Gasteiger charge is -2.24. The first kappa shape index (κ1) is 21.5. The van der Waals surface area contributed by atoms with E-state index in [4.69, 9.17) is 10.8 Å². The molecule has 1 aromatic carbocycles. The Bertz CT molecular complexity index is 801. The summed E-state index contributed by atoms with van der Waals surface area (Å²) in [7, 11) is 1.90. The number of halogens is 1. The van der Waals surface area contributed by atoms with Gasteiger partial charge in [0.25, 0.3) is 0 Å². The van der Waals surface area contributed by atoms with Crippen LogP contribution in [0.1, 0.15) is 41.8 Å². The van der Waals surface area contributed by atoms with E-state index < -0.39 is 0 Å². The SMILES string of the molecule is Cc1ccccc1-n1nc(C)c(CN(C)C(=O)[C@@H]2CCC[C@@H]2CN)c1C.Cl. The maximum Gasteiger partial charge on any atom is 0.226 e. The molecule has 1 heterocycles. The molecule has 2 atom stereocenters. The quantitative estimate of drug-likeness (QED) is 0.848. The molecule has 2 aromatic rings. The Morgan fingerprint density at radius 1 is 1.26 bits per heavy atom. The first-order chi connectivity index (χ1) is 12.4. The van der Waals surface area contributed by atoms with Crippen LogP contribution in [0.2, 0.25) is 0 Å². The zero-order valence-electron chi connectivity index (χ0n) is 16.7. The van der Waals surface area contributed by atoms with E-state index in [2.05, 4.69) is 26.0 Å². The summed E-state index contributed by atoms with van der Waals surface area (Å²) in [6.07, 6.45) is 3.14. The van der Waals surface area contributed by atoms with Crippen LogP contribution in [0.25, 0.3) is 5.69 Å². The molecule has 0 unspecified atom stereocenters. The molecule has 148 valence electrons. The Labute approximate surface area is 168 Å². The Kier molecular flexibility index (Phi) is 7.06. The summed E-state index contributed by atoms with van der Waals surface area (Å²) in [6, 6.07) is 8.24. The van der Waals surface area contributed by atoms with Crippen molar-refractivity contribution in [2.45, 2.75) is 46.6 Å². The van der Waals surface area contributed by atoms with Crippen molar-refractivity contribution in [2.75, 3.05) is 13.6 Å². The van der Waals surface area contributed by atoms with Crippen LogP contribution in [0.5, 0.6) is 0 Å².